The molecule has 1 aliphatic heterocycles. The molecular formula is C30H30BrIN2O3S. The summed E-state index contributed by atoms with van der Waals surface area (Å²) in [4.78, 5) is 20.7. The number of rotatable bonds is 10. The zero-order valence-electron chi connectivity index (χ0n) is 21.7. The molecule has 38 heavy (non-hydrogen) atoms. The number of carbonyl (C=O) groups excluding carboxylic acids is 1. The van der Waals surface area contributed by atoms with Crippen molar-refractivity contribution in [3.63, 3.8) is 0 Å². The number of ether oxygens (including phenoxy) is 2. The normalized spacial score (nSPS) is 15.5. The second-order valence-corrected chi connectivity index (χ2v) is 11.9. The summed E-state index contributed by atoms with van der Waals surface area (Å²) in [5.41, 5.74) is 3.97. The van der Waals surface area contributed by atoms with Crippen LogP contribution < -0.4 is 9.47 Å². The maximum Gasteiger partial charge on any atom is 0.266 e. The van der Waals surface area contributed by atoms with Gasteiger partial charge in [-0.2, -0.15) is 0 Å². The number of benzene rings is 3. The first-order chi connectivity index (χ1) is 18.4. The molecule has 198 valence electrons. The zero-order valence-corrected chi connectivity index (χ0v) is 26.2. The third-order valence-corrected chi connectivity index (χ3v) is 8.14. The number of nitrogens with zero attached hydrogens (tertiary/aromatic N) is 2. The lowest BCUT2D eigenvalue weighted by Crippen LogP contribution is -2.30. The fourth-order valence-corrected chi connectivity index (χ4v) is 5.87. The molecule has 0 unspecified atom stereocenters. The van der Waals surface area contributed by atoms with Crippen molar-refractivity contribution in [2.45, 2.75) is 40.2 Å². The Bertz CT molecular complexity index is 1340. The van der Waals surface area contributed by atoms with Crippen molar-refractivity contribution in [3.8, 4) is 11.5 Å². The molecule has 4 rings (SSSR count). The van der Waals surface area contributed by atoms with E-state index in [1.165, 1.54) is 17.3 Å². The summed E-state index contributed by atoms with van der Waals surface area (Å²) in [6, 6.07) is 20.0. The van der Waals surface area contributed by atoms with Gasteiger partial charge in [0.15, 0.2) is 16.7 Å². The lowest BCUT2D eigenvalue weighted by Gasteiger charge is -2.15. The lowest BCUT2D eigenvalue weighted by atomic mass is 10.1. The predicted molar refractivity (Wildman–Crippen MR) is 169 cm³/mol. The van der Waals surface area contributed by atoms with Crippen molar-refractivity contribution in [2.24, 2.45) is 4.99 Å². The van der Waals surface area contributed by atoms with Gasteiger partial charge in [-0.25, -0.2) is 4.99 Å². The monoisotopic (exact) mass is 704 g/mol. The van der Waals surface area contributed by atoms with Gasteiger partial charge in [-0.15, -0.1) is 0 Å². The van der Waals surface area contributed by atoms with Crippen molar-refractivity contribution in [1.82, 2.24) is 4.90 Å². The highest BCUT2D eigenvalue weighted by Gasteiger charge is 2.33. The molecule has 0 aliphatic carbocycles. The minimum atomic E-state index is -0.0159. The molecule has 0 atom stereocenters. The Labute approximate surface area is 251 Å². The second kappa shape index (κ2) is 13.7. The Morgan fingerprint density at radius 2 is 1.79 bits per heavy atom. The van der Waals surface area contributed by atoms with E-state index in [0.717, 1.165) is 37.7 Å². The van der Waals surface area contributed by atoms with Crippen LogP contribution in [0.4, 0.5) is 5.69 Å². The van der Waals surface area contributed by atoms with Crippen LogP contribution in [0.1, 0.15) is 43.4 Å². The zero-order chi connectivity index (χ0) is 27.1. The molecule has 8 heteroatoms. The number of aryl methyl sites for hydroxylation is 1. The predicted octanol–water partition coefficient (Wildman–Crippen LogP) is 8.74. The van der Waals surface area contributed by atoms with Crippen LogP contribution in [0.15, 0.2) is 75.0 Å². The van der Waals surface area contributed by atoms with Crippen molar-refractivity contribution in [1.29, 1.82) is 0 Å². The van der Waals surface area contributed by atoms with Gasteiger partial charge in [-0.1, -0.05) is 59.1 Å². The third kappa shape index (κ3) is 7.42. The summed E-state index contributed by atoms with van der Waals surface area (Å²) in [6.45, 7) is 7.72. The smallest absolute Gasteiger partial charge is 0.266 e. The summed E-state index contributed by atoms with van der Waals surface area (Å²) in [5, 5.41) is 0.715. The summed E-state index contributed by atoms with van der Waals surface area (Å²) in [6.07, 6.45) is 3.85. The number of hydrogen-bond donors (Lipinski definition) is 0. The van der Waals surface area contributed by atoms with E-state index in [0.29, 0.717) is 41.3 Å². The van der Waals surface area contributed by atoms with Crippen LogP contribution in [0.5, 0.6) is 11.5 Å². The molecule has 1 heterocycles. The van der Waals surface area contributed by atoms with Crippen molar-refractivity contribution in [3.05, 3.63) is 90.3 Å². The first-order valence-corrected chi connectivity index (χ1v) is 15.3. The molecule has 0 radical (unpaired) electrons. The molecule has 1 saturated heterocycles. The molecule has 3 aromatic rings. The van der Waals surface area contributed by atoms with Gasteiger partial charge in [0.2, 0.25) is 0 Å². The largest absolute Gasteiger partial charge is 0.490 e. The molecule has 0 aromatic heterocycles. The minimum Gasteiger partial charge on any atom is -0.490 e. The first-order valence-electron chi connectivity index (χ1n) is 12.6. The van der Waals surface area contributed by atoms with Crippen LogP contribution in [-0.4, -0.2) is 29.1 Å². The quantitative estimate of drug-likeness (QED) is 0.157. The molecular weight excluding hydrogens is 675 g/mol. The summed E-state index contributed by atoms with van der Waals surface area (Å²) < 4.78 is 14.1. The maximum absolute atomic E-state index is 13.4. The fraction of sp³-hybridized carbons (Fsp3) is 0.267. The number of thioether (sulfide) groups is 1. The number of amidine groups is 1. The molecule has 0 N–H and O–H groups in total. The van der Waals surface area contributed by atoms with E-state index in [4.69, 9.17) is 14.5 Å². The van der Waals surface area contributed by atoms with Gasteiger partial charge < -0.3 is 9.47 Å². The highest BCUT2D eigenvalue weighted by atomic mass is 127. The molecule has 1 fully saturated rings. The van der Waals surface area contributed by atoms with Crippen molar-refractivity contribution >= 4 is 73.1 Å². The van der Waals surface area contributed by atoms with E-state index < -0.39 is 0 Å². The molecule has 0 saturated carbocycles. The number of hydrogen-bond acceptors (Lipinski definition) is 5. The average Bonchev–Trinajstić information content (AvgIpc) is 3.18. The van der Waals surface area contributed by atoms with E-state index in [-0.39, 0.29) is 5.91 Å². The fourth-order valence-electron chi connectivity index (χ4n) is 3.80. The Balaban J connectivity index is 1.61. The van der Waals surface area contributed by atoms with Crippen molar-refractivity contribution in [2.75, 3.05) is 13.2 Å². The highest BCUT2D eigenvalue weighted by molar-refractivity contribution is 14.1. The van der Waals surface area contributed by atoms with Gasteiger partial charge in [0.25, 0.3) is 5.91 Å². The number of amides is 1. The van der Waals surface area contributed by atoms with E-state index in [9.17, 15) is 4.79 Å². The van der Waals surface area contributed by atoms with Crippen LogP contribution in [0.3, 0.4) is 0 Å². The lowest BCUT2D eigenvalue weighted by molar-refractivity contribution is -0.122. The van der Waals surface area contributed by atoms with Gasteiger partial charge in [-0.3, -0.25) is 9.69 Å². The number of aliphatic imine (C=N–C) groups is 1. The van der Waals surface area contributed by atoms with Gasteiger partial charge in [0, 0.05) is 11.0 Å². The standard InChI is InChI=1S/C30H30BrIN2O3S/c1-4-6-15-34-29(35)27(38-30(34)33-24-13-7-20(3)8-14-24)18-22-16-25(32)28(26(17-22)36-5-2)37-19-21-9-11-23(31)12-10-21/h7-14,16-18H,4-6,15,19H2,1-3H3/b27-18+,33-30?. The van der Waals surface area contributed by atoms with Gasteiger partial charge in [-0.05, 0) is 108 Å². The molecule has 0 spiro atoms. The minimum absolute atomic E-state index is 0.0159. The van der Waals surface area contributed by atoms with Crippen LogP contribution in [0.25, 0.3) is 6.08 Å². The van der Waals surface area contributed by atoms with Crippen LogP contribution >= 0.6 is 50.3 Å². The Morgan fingerprint density at radius 1 is 1.05 bits per heavy atom. The molecule has 1 aliphatic rings. The summed E-state index contributed by atoms with van der Waals surface area (Å²) >= 11 is 7.15. The van der Waals surface area contributed by atoms with Gasteiger partial charge in [0.05, 0.1) is 20.8 Å². The Hall–Kier alpha value is -2.30. The number of halogens is 2. The Morgan fingerprint density at radius 3 is 2.47 bits per heavy atom. The maximum atomic E-state index is 13.4. The highest BCUT2D eigenvalue weighted by Crippen LogP contribution is 2.38. The summed E-state index contributed by atoms with van der Waals surface area (Å²) in [7, 11) is 0. The third-order valence-electron chi connectivity index (χ3n) is 5.81. The van der Waals surface area contributed by atoms with Crippen LogP contribution in [-0.2, 0) is 11.4 Å². The van der Waals surface area contributed by atoms with Crippen LogP contribution in [0.2, 0.25) is 0 Å². The molecule has 3 aromatic carbocycles. The van der Waals surface area contributed by atoms with Crippen molar-refractivity contribution < 1.29 is 14.3 Å². The first kappa shape index (κ1) is 28.7. The van der Waals surface area contributed by atoms with E-state index >= 15 is 0 Å². The molecule has 1 amide bonds. The number of unbranched alkanes of at least 4 members (excludes halogenated alkanes) is 1. The van der Waals surface area contributed by atoms with Crippen LogP contribution in [0, 0.1) is 10.5 Å². The van der Waals surface area contributed by atoms with Gasteiger partial charge in [0.1, 0.15) is 6.61 Å². The van der Waals surface area contributed by atoms with E-state index in [1.54, 1.807) is 4.90 Å². The molecule has 5 nitrogen and oxygen atoms in total. The molecule has 0 bridgehead atoms. The van der Waals surface area contributed by atoms with E-state index in [2.05, 4.69) is 45.4 Å². The van der Waals surface area contributed by atoms with Gasteiger partial charge >= 0.3 is 0 Å². The average molecular weight is 705 g/mol. The summed E-state index contributed by atoms with van der Waals surface area (Å²) in [5.74, 6) is 1.35. The second-order valence-electron chi connectivity index (χ2n) is 8.83. The number of carbonyl (C=O) groups is 1. The Kier molecular flexibility index (Phi) is 10.3. The van der Waals surface area contributed by atoms with E-state index in [1.807, 2.05) is 80.6 Å². The SMILES string of the molecule is CCCCN1C(=O)/C(=C\c2cc(I)c(OCc3ccc(Br)cc3)c(OCC)c2)SC1=Nc1ccc(C)cc1. The topological polar surface area (TPSA) is 51.1 Å².